The van der Waals surface area contributed by atoms with Crippen LogP contribution in [0.4, 0.5) is 0 Å². The van der Waals surface area contributed by atoms with Crippen LogP contribution < -0.4 is 56.8 Å². The summed E-state index contributed by atoms with van der Waals surface area (Å²) in [6, 6.07) is 87.5. The zero-order chi connectivity index (χ0) is 95.9. The van der Waals surface area contributed by atoms with E-state index in [1.54, 1.807) is 28.4 Å². The Balaban J connectivity index is 0.000000322. The fraction of sp³-hybridized carbons (Fsp3) is 0.356. The zero-order valence-corrected chi connectivity index (χ0v) is 80.1. The Morgan fingerprint density at radius 2 is 0.464 bits per heavy atom. The number of ether oxygens (including phenoxy) is 14. The van der Waals surface area contributed by atoms with E-state index in [-0.39, 0.29) is 78.2 Å². The first-order chi connectivity index (χ1) is 65.1. The van der Waals surface area contributed by atoms with Gasteiger partial charge in [-0.1, -0.05) is 256 Å². The van der Waals surface area contributed by atoms with Gasteiger partial charge >= 0.3 is 23.9 Å². The zero-order valence-electron chi connectivity index (χ0n) is 80.1. The number of carboxylic acids is 2. The summed E-state index contributed by atoms with van der Waals surface area (Å²) in [7, 11) is 9.49. The summed E-state index contributed by atoms with van der Waals surface area (Å²) in [5, 5.41) is 18.1. The van der Waals surface area contributed by atoms with E-state index < -0.39 is 11.9 Å². The predicted octanol–water partition coefficient (Wildman–Crippen LogP) is 29.5. The second kappa shape index (κ2) is 62.0. The highest BCUT2D eigenvalue weighted by Crippen LogP contribution is 2.40. The number of hydrogen-bond donors (Lipinski definition) is 2. The molecule has 0 unspecified atom stereocenters. The quantitative estimate of drug-likeness (QED) is 0.0266. The van der Waals surface area contributed by atoms with Gasteiger partial charge in [0.25, 0.3) is 0 Å². The van der Waals surface area contributed by atoms with Gasteiger partial charge < -0.3 is 76.5 Å². The molecule has 740 valence electrons. The molecule has 0 aliphatic rings. The van der Waals surface area contributed by atoms with Crippen molar-refractivity contribution in [2.45, 2.75) is 212 Å². The van der Waals surface area contributed by atoms with Crippen molar-refractivity contribution in [1.29, 1.82) is 0 Å². The summed E-state index contributed by atoms with van der Waals surface area (Å²) in [5.41, 5.74) is 16.3. The number of carbonyl (C=O) groups excluding carboxylic acids is 2. The lowest BCUT2D eigenvalue weighted by atomic mass is 9.98. The van der Waals surface area contributed by atoms with Gasteiger partial charge in [-0.15, -0.1) is 0 Å². The van der Waals surface area contributed by atoms with E-state index in [9.17, 15) is 19.2 Å². The molecule has 0 aromatic heterocycles. The molecular formula is C118H148O20. The fourth-order valence-electron chi connectivity index (χ4n) is 14.5. The van der Waals surface area contributed by atoms with Crippen molar-refractivity contribution in [1.82, 2.24) is 0 Å². The smallest absolute Gasteiger partial charge is 0.306 e. The highest BCUT2D eigenvalue weighted by atomic mass is 16.5. The summed E-state index contributed by atoms with van der Waals surface area (Å²) in [5.74, 6) is 7.41. The molecule has 12 rings (SSSR count). The molecule has 138 heavy (non-hydrogen) atoms. The first kappa shape index (κ1) is 115. The van der Waals surface area contributed by atoms with Crippen molar-refractivity contribution in [2.24, 2.45) is 0 Å². The van der Waals surface area contributed by atoms with Crippen molar-refractivity contribution < 1.29 is 95.7 Å². The van der Waals surface area contributed by atoms with Gasteiger partial charge in [-0.25, -0.2) is 0 Å². The molecule has 2 N–H and O–H groups in total. The maximum absolute atomic E-state index is 11.6. The third kappa shape index (κ3) is 37.7. The van der Waals surface area contributed by atoms with E-state index in [2.05, 4.69) is 76.2 Å². The largest absolute Gasteiger partial charge is 0.497 e. The lowest BCUT2D eigenvalue weighted by Gasteiger charge is -2.15. The normalized spacial score (nSPS) is 11.2. The lowest BCUT2D eigenvalue weighted by Crippen LogP contribution is -2.06. The fourth-order valence-corrected chi connectivity index (χ4v) is 14.5. The molecule has 0 spiro atoms. The standard InChI is InChI=1S/2C29H34O5.2C28H32O5.4CH4/c2*1-5-6-15-33-28-17-22(13-14-27(28)24-10-8-11-25(19-24)31-3)20-34-26-12-7-9-23(18-26)21(2)16-29(30)32-4;2*1-4-5-14-32-27-16-21(12-13-26(27)23-9-7-10-24(18-23)31-3)19-33-25-11-6-8-22(17-25)20(2)15-28(29)30;;;;/h2*7-14,17-19,21H,5-6,15-16,20H2,1-4H3;2*6-13,16-18,20H,4-5,14-15,19H2,1-3H3,(H,29,30);4*1H4/t2*21-;2*20-;;;;/m1010..../s1. The van der Waals surface area contributed by atoms with Crippen molar-refractivity contribution in [3.63, 3.8) is 0 Å². The van der Waals surface area contributed by atoms with E-state index >= 15 is 0 Å². The Labute approximate surface area is 821 Å². The minimum Gasteiger partial charge on any atom is -0.497 e. The number of esters is 2. The first-order valence-corrected chi connectivity index (χ1v) is 46.2. The van der Waals surface area contributed by atoms with Crippen LogP contribution in [-0.4, -0.2) is 103 Å². The summed E-state index contributed by atoms with van der Waals surface area (Å²) >= 11 is 0. The molecule has 0 radical (unpaired) electrons. The van der Waals surface area contributed by atoms with Gasteiger partial charge in [0.2, 0.25) is 0 Å². The molecule has 0 amide bonds. The van der Waals surface area contributed by atoms with Crippen LogP contribution in [0.3, 0.4) is 0 Å². The Hall–Kier alpha value is -13.9. The first-order valence-electron chi connectivity index (χ1n) is 46.2. The molecule has 0 saturated heterocycles. The Morgan fingerprint density at radius 1 is 0.254 bits per heavy atom. The molecule has 0 heterocycles. The molecule has 12 aromatic rings. The molecule has 12 aromatic carbocycles. The van der Waals surface area contributed by atoms with Crippen LogP contribution in [0, 0.1) is 0 Å². The average Bonchev–Trinajstić information content (AvgIpc) is 0.826. The molecule has 0 aliphatic carbocycles. The van der Waals surface area contributed by atoms with Crippen LogP contribution in [0.25, 0.3) is 44.5 Å². The maximum Gasteiger partial charge on any atom is 0.306 e. The third-order valence-electron chi connectivity index (χ3n) is 22.4. The molecule has 0 fully saturated rings. The highest BCUT2D eigenvalue weighted by Gasteiger charge is 2.21. The van der Waals surface area contributed by atoms with Crippen molar-refractivity contribution in [3.8, 4) is 114 Å². The average molecular weight is 1890 g/mol. The minimum absolute atomic E-state index is 0. The number of unbranched alkanes of at least 4 members (excludes halogenated alkanes) is 4. The van der Waals surface area contributed by atoms with Crippen LogP contribution in [-0.2, 0) is 55.1 Å². The van der Waals surface area contributed by atoms with Gasteiger partial charge in [0.05, 0.1) is 94.8 Å². The second-order valence-corrected chi connectivity index (χ2v) is 32.9. The summed E-state index contributed by atoms with van der Waals surface area (Å²) < 4.78 is 79.9. The van der Waals surface area contributed by atoms with E-state index in [0.717, 1.165) is 209 Å². The highest BCUT2D eigenvalue weighted by molar-refractivity contribution is 5.77. The van der Waals surface area contributed by atoms with Crippen molar-refractivity contribution >= 4 is 23.9 Å². The Morgan fingerprint density at radius 3 is 0.667 bits per heavy atom. The molecule has 20 heteroatoms. The van der Waals surface area contributed by atoms with Crippen LogP contribution in [0.15, 0.2) is 267 Å². The van der Waals surface area contributed by atoms with E-state index in [4.69, 9.17) is 76.5 Å². The van der Waals surface area contributed by atoms with Crippen molar-refractivity contribution in [2.75, 3.05) is 69.1 Å². The Kier molecular flexibility index (Phi) is 51.5. The number of carbonyl (C=O) groups is 4. The van der Waals surface area contributed by atoms with Gasteiger partial charge in [0, 0.05) is 22.3 Å². The van der Waals surface area contributed by atoms with Gasteiger partial charge in [-0.05, 0) is 237 Å². The van der Waals surface area contributed by atoms with E-state index in [1.165, 1.54) is 14.2 Å². The molecular weight excluding hydrogens is 1740 g/mol. The summed E-state index contributed by atoms with van der Waals surface area (Å²) in [6.07, 6.45) is 9.09. The molecule has 0 bridgehead atoms. The van der Waals surface area contributed by atoms with Crippen molar-refractivity contribution in [3.05, 3.63) is 311 Å². The van der Waals surface area contributed by atoms with E-state index in [0.29, 0.717) is 65.7 Å². The number of hydrogen-bond acceptors (Lipinski definition) is 18. The van der Waals surface area contributed by atoms with Crippen LogP contribution in [0.5, 0.6) is 69.0 Å². The van der Waals surface area contributed by atoms with E-state index in [1.807, 2.05) is 246 Å². The van der Waals surface area contributed by atoms with Gasteiger partial charge in [0.1, 0.15) is 95.4 Å². The number of aliphatic carboxylic acids is 2. The topological polar surface area (TPSA) is 238 Å². The summed E-state index contributed by atoms with van der Waals surface area (Å²) in [6.45, 7) is 20.7. The molecule has 20 nitrogen and oxygen atoms in total. The Bertz CT molecular complexity index is 5300. The molecule has 4 atom stereocenters. The molecule has 0 saturated carbocycles. The maximum atomic E-state index is 11.6. The minimum atomic E-state index is -0.805. The molecule has 0 aliphatic heterocycles. The van der Waals surface area contributed by atoms with Gasteiger partial charge in [-0.3, -0.25) is 19.2 Å². The summed E-state index contributed by atoms with van der Waals surface area (Å²) in [4.78, 5) is 45.3. The van der Waals surface area contributed by atoms with Crippen LogP contribution >= 0.6 is 0 Å². The number of benzene rings is 12. The monoisotopic (exact) mass is 1890 g/mol. The SMILES string of the molecule is C.C.C.C.CCCCOc1cc(COc2cccc([C@@H](C)CC(=O)O)c2)ccc1-c1cccc(OC)c1.CCCCOc1cc(COc2cccc([C@@H](C)CC(=O)OC)c2)ccc1-c1cccc(OC)c1.CCCCOc1cc(COc2cccc([C@H](C)CC(=O)O)c2)ccc1-c1cccc(OC)c1.CCCCOc1cc(COc2cccc([C@H](C)CC(=O)OC)c2)ccc1-c1cccc(OC)c1. The van der Waals surface area contributed by atoms with Crippen LogP contribution in [0.2, 0.25) is 0 Å². The lowest BCUT2D eigenvalue weighted by molar-refractivity contribution is -0.141. The number of rotatable bonds is 48. The van der Waals surface area contributed by atoms with Crippen LogP contribution in [0.1, 0.15) is 230 Å². The van der Waals surface area contributed by atoms with Gasteiger partial charge in [-0.2, -0.15) is 0 Å². The van der Waals surface area contributed by atoms with Gasteiger partial charge in [0.15, 0.2) is 0 Å². The third-order valence-corrected chi connectivity index (χ3v) is 22.4. The second-order valence-electron chi connectivity index (χ2n) is 32.9. The number of carboxylic acid groups (broad SMARTS) is 2. The predicted molar refractivity (Wildman–Crippen MR) is 557 cm³/mol. The number of methoxy groups -OCH3 is 6.